The summed E-state index contributed by atoms with van der Waals surface area (Å²) in [5.74, 6) is 0.795. The van der Waals surface area contributed by atoms with Crippen LogP contribution in [-0.4, -0.2) is 12.5 Å². The van der Waals surface area contributed by atoms with Crippen molar-refractivity contribution in [2.75, 3.05) is 6.61 Å². The van der Waals surface area contributed by atoms with E-state index in [2.05, 4.69) is 5.32 Å². The van der Waals surface area contributed by atoms with Crippen molar-refractivity contribution in [3.05, 3.63) is 64.2 Å². The van der Waals surface area contributed by atoms with E-state index in [4.69, 9.17) is 16.3 Å². The van der Waals surface area contributed by atoms with E-state index in [0.29, 0.717) is 18.1 Å². The van der Waals surface area contributed by atoms with Gasteiger partial charge < -0.3 is 10.1 Å². The number of nitrogens with one attached hydrogen (secondary N) is 1. The minimum atomic E-state index is -0.0816. The van der Waals surface area contributed by atoms with Crippen LogP contribution in [0.3, 0.4) is 0 Å². The van der Waals surface area contributed by atoms with Crippen molar-refractivity contribution >= 4 is 17.5 Å². The molecule has 0 unspecified atom stereocenters. The van der Waals surface area contributed by atoms with Crippen LogP contribution in [-0.2, 0) is 4.79 Å². The van der Waals surface area contributed by atoms with Crippen molar-refractivity contribution < 1.29 is 9.53 Å². The summed E-state index contributed by atoms with van der Waals surface area (Å²) in [5.41, 5.74) is 3.20. The Labute approximate surface area is 142 Å². The van der Waals surface area contributed by atoms with Gasteiger partial charge in [-0.25, -0.2) is 0 Å². The average Bonchev–Trinajstić information content (AvgIpc) is 2.50. The Morgan fingerprint density at radius 1 is 1.22 bits per heavy atom. The number of amides is 1. The smallest absolute Gasteiger partial charge is 0.223 e. The van der Waals surface area contributed by atoms with Crippen molar-refractivity contribution in [3.8, 4) is 5.75 Å². The molecule has 0 saturated carbocycles. The monoisotopic (exact) mass is 331 g/mol. The summed E-state index contributed by atoms with van der Waals surface area (Å²) in [6.45, 7) is 6.31. The molecule has 2 rings (SSSR count). The Bertz CT molecular complexity index is 685. The number of halogens is 1. The third-order valence-corrected chi connectivity index (χ3v) is 3.89. The SMILES string of the molecule is Cc1ccc(C)c(OCCC(=O)N[C@H](C)c2cccc(Cl)c2)c1. The second-order valence-corrected chi connectivity index (χ2v) is 6.15. The molecular formula is C19H22ClNO2. The summed E-state index contributed by atoms with van der Waals surface area (Å²) < 4.78 is 5.71. The van der Waals surface area contributed by atoms with Gasteiger partial charge in [0, 0.05) is 5.02 Å². The second-order valence-electron chi connectivity index (χ2n) is 5.71. The van der Waals surface area contributed by atoms with Crippen LogP contribution in [0.1, 0.15) is 36.1 Å². The molecule has 0 aliphatic carbocycles. The van der Waals surface area contributed by atoms with E-state index < -0.39 is 0 Å². The van der Waals surface area contributed by atoms with Gasteiger partial charge in [-0.3, -0.25) is 4.79 Å². The van der Waals surface area contributed by atoms with Crippen molar-refractivity contribution in [2.24, 2.45) is 0 Å². The molecule has 1 amide bonds. The van der Waals surface area contributed by atoms with E-state index in [1.807, 2.05) is 63.2 Å². The van der Waals surface area contributed by atoms with E-state index in [1.54, 1.807) is 0 Å². The zero-order valence-corrected chi connectivity index (χ0v) is 14.5. The van der Waals surface area contributed by atoms with Gasteiger partial charge in [0.05, 0.1) is 19.1 Å². The lowest BCUT2D eigenvalue weighted by Crippen LogP contribution is -2.27. The van der Waals surface area contributed by atoms with Gasteiger partial charge in [0.15, 0.2) is 0 Å². The molecule has 2 aromatic rings. The van der Waals surface area contributed by atoms with Gasteiger partial charge >= 0.3 is 0 Å². The van der Waals surface area contributed by atoms with Gasteiger partial charge in [0.25, 0.3) is 0 Å². The summed E-state index contributed by atoms with van der Waals surface area (Å²) in [6, 6.07) is 13.5. The lowest BCUT2D eigenvalue weighted by molar-refractivity contribution is -0.122. The molecule has 2 aromatic carbocycles. The van der Waals surface area contributed by atoms with E-state index in [-0.39, 0.29) is 11.9 Å². The second kappa shape index (κ2) is 8.02. The van der Waals surface area contributed by atoms with Crippen molar-refractivity contribution in [1.29, 1.82) is 0 Å². The van der Waals surface area contributed by atoms with Crippen LogP contribution in [0.25, 0.3) is 0 Å². The molecule has 4 heteroatoms. The summed E-state index contributed by atoms with van der Waals surface area (Å²) in [4.78, 5) is 12.0. The van der Waals surface area contributed by atoms with Crippen LogP contribution >= 0.6 is 11.6 Å². The zero-order valence-electron chi connectivity index (χ0n) is 13.7. The van der Waals surface area contributed by atoms with Crippen LogP contribution < -0.4 is 10.1 Å². The van der Waals surface area contributed by atoms with Crippen LogP contribution in [0.5, 0.6) is 5.75 Å². The molecule has 0 aromatic heterocycles. The number of ether oxygens (including phenoxy) is 1. The molecule has 0 radical (unpaired) electrons. The van der Waals surface area contributed by atoms with Crippen LogP contribution in [0.4, 0.5) is 0 Å². The first kappa shape index (κ1) is 17.4. The maximum Gasteiger partial charge on any atom is 0.223 e. The molecule has 0 bridgehead atoms. The Hall–Kier alpha value is -2.00. The van der Waals surface area contributed by atoms with Crippen LogP contribution in [0, 0.1) is 13.8 Å². The third-order valence-electron chi connectivity index (χ3n) is 3.66. The van der Waals surface area contributed by atoms with E-state index in [0.717, 1.165) is 22.4 Å². The summed E-state index contributed by atoms with van der Waals surface area (Å²) >= 11 is 5.97. The molecule has 0 spiro atoms. The topological polar surface area (TPSA) is 38.3 Å². The quantitative estimate of drug-likeness (QED) is 0.839. The molecule has 1 atom stereocenters. The first-order chi connectivity index (χ1) is 11.0. The van der Waals surface area contributed by atoms with Gasteiger partial charge in [-0.05, 0) is 55.7 Å². The standard InChI is InChI=1S/C19H22ClNO2/c1-13-7-8-14(2)18(11-13)23-10-9-19(22)21-15(3)16-5-4-6-17(20)12-16/h4-8,11-12,15H,9-10H2,1-3H3,(H,21,22)/t15-/m1/s1. The Balaban J connectivity index is 1.82. The van der Waals surface area contributed by atoms with Gasteiger partial charge in [-0.2, -0.15) is 0 Å². The van der Waals surface area contributed by atoms with Crippen LogP contribution in [0.15, 0.2) is 42.5 Å². The third kappa shape index (κ3) is 5.29. The fourth-order valence-electron chi connectivity index (χ4n) is 2.29. The van der Waals surface area contributed by atoms with E-state index in [9.17, 15) is 4.79 Å². The largest absolute Gasteiger partial charge is 0.493 e. The minimum absolute atomic E-state index is 0.0391. The number of carbonyl (C=O) groups excluding carboxylic acids is 1. The molecule has 0 aliphatic rings. The Kier molecular flexibility index (Phi) is 6.05. The summed E-state index contributed by atoms with van der Waals surface area (Å²) in [7, 11) is 0. The number of hydrogen-bond donors (Lipinski definition) is 1. The minimum Gasteiger partial charge on any atom is -0.493 e. The maximum absolute atomic E-state index is 12.0. The highest BCUT2D eigenvalue weighted by atomic mass is 35.5. The molecule has 0 aliphatic heterocycles. The van der Waals surface area contributed by atoms with E-state index in [1.165, 1.54) is 0 Å². The highest BCUT2D eigenvalue weighted by molar-refractivity contribution is 6.30. The number of rotatable bonds is 6. The highest BCUT2D eigenvalue weighted by Gasteiger charge is 2.10. The maximum atomic E-state index is 12.0. The summed E-state index contributed by atoms with van der Waals surface area (Å²) in [6.07, 6.45) is 0.318. The number of carbonyl (C=O) groups is 1. The van der Waals surface area contributed by atoms with Gasteiger partial charge in [0.1, 0.15) is 5.75 Å². The lowest BCUT2D eigenvalue weighted by Gasteiger charge is -2.15. The molecule has 0 heterocycles. The lowest BCUT2D eigenvalue weighted by atomic mass is 10.1. The normalized spacial score (nSPS) is 11.8. The molecule has 23 heavy (non-hydrogen) atoms. The van der Waals surface area contributed by atoms with Gasteiger partial charge in [-0.1, -0.05) is 35.9 Å². The van der Waals surface area contributed by atoms with Crippen molar-refractivity contribution in [2.45, 2.75) is 33.2 Å². The van der Waals surface area contributed by atoms with Gasteiger partial charge in [0.2, 0.25) is 5.91 Å². The fraction of sp³-hybridized carbons (Fsp3) is 0.316. The zero-order chi connectivity index (χ0) is 16.8. The predicted molar refractivity (Wildman–Crippen MR) is 94.0 cm³/mol. The van der Waals surface area contributed by atoms with Gasteiger partial charge in [-0.15, -0.1) is 0 Å². The Morgan fingerprint density at radius 3 is 2.74 bits per heavy atom. The molecule has 122 valence electrons. The number of benzene rings is 2. The Morgan fingerprint density at radius 2 is 2.00 bits per heavy atom. The molecular weight excluding hydrogens is 310 g/mol. The molecule has 0 saturated heterocycles. The highest BCUT2D eigenvalue weighted by Crippen LogP contribution is 2.20. The molecule has 1 N–H and O–H groups in total. The summed E-state index contributed by atoms with van der Waals surface area (Å²) in [5, 5.41) is 3.63. The number of hydrogen-bond acceptors (Lipinski definition) is 2. The van der Waals surface area contributed by atoms with E-state index >= 15 is 0 Å². The van der Waals surface area contributed by atoms with Crippen LogP contribution in [0.2, 0.25) is 5.02 Å². The first-order valence-electron chi connectivity index (χ1n) is 7.70. The number of aryl methyl sites for hydroxylation is 2. The predicted octanol–water partition coefficient (Wildman–Crippen LogP) is 4.60. The van der Waals surface area contributed by atoms with Crippen molar-refractivity contribution in [3.63, 3.8) is 0 Å². The first-order valence-corrected chi connectivity index (χ1v) is 8.08. The van der Waals surface area contributed by atoms with Crippen molar-refractivity contribution in [1.82, 2.24) is 5.32 Å². The molecule has 3 nitrogen and oxygen atoms in total. The average molecular weight is 332 g/mol. The molecule has 0 fully saturated rings. The fourth-order valence-corrected chi connectivity index (χ4v) is 2.49.